The van der Waals surface area contributed by atoms with E-state index in [0.29, 0.717) is 6.07 Å². The van der Waals surface area contributed by atoms with Crippen LogP contribution in [-0.2, 0) is 10.0 Å². The summed E-state index contributed by atoms with van der Waals surface area (Å²) in [4.78, 5) is 2.83. The smallest absolute Gasteiger partial charge is 0.236 e. The molecule has 0 spiro atoms. The Balaban J connectivity index is 3.63. The van der Waals surface area contributed by atoms with Crippen LogP contribution in [0.3, 0.4) is 0 Å². The van der Waals surface area contributed by atoms with Crippen molar-refractivity contribution in [3.8, 4) is 6.07 Å². The maximum atomic E-state index is 12.4. The second-order valence-corrected chi connectivity index (χ2v) is 4.51. The molecule has 8 heteroatoms. The number of nitriles is 1. The van der Waals surface area contributed by atoms with Gasteiger partial charge in [0.15, 0.2) is 0 Å². The summed E-state index contributed by atoms with van der Waals surface area (Å²) < 4.78 is 46.9. The van der Waals surface area contributed by atoms with Gasteiger partial charge < -0.3 is 0 Å². The number of hydrogen-bond donors (Lipinski definition) is 1. The lowest BCUT2D eigenvalue weighted by molar-refractivity contribution is 0.145. The minimum Gasteiger partial charge on any atom is -0.236 e. The van der Waals surface area contributed by atoms with Crippen LogP contribution in [0.1, 0.15) is 23.4 Å². The molecule has 1 aromatic rings. The third-order valence-electron chi connectivity index (χ3n) is 1.88. The van der Waals surface area contributed by atoms with Crippen LogP contribution in [0.15, 0.2) is 11.0 Å². The molecule has 16 heavy (non-hydrogen) atoms. The Labute approximate surface area is 90.6 Å². The highest BCUT2D eigenvalue weighted by atomic mass is 32.2. The zero-order valence-electron chi connectivity index (χ0n) is 8.11. The van der Waals surface area contributed by atoms with Crippen LogP contribution in [0.25, 0.3) is 0 Å². The third-order valence-corrected chi connectivity index (χ3v) is 2.92. The standard InChI is InChI=1S/C8H7F2N3O2S/c1-4-6(3-11)13-5(8(9)10)2-7(4)16(12,14)15/h2,8H,1H3,(H2,12,14,15). The van der Waals surface area contributed by atoms with Gasteiger partial charge in [0, 0.05) is 5.56 Å². The SMILES string of the molecule is Cc1c(S(N)(=O)=O)cc(C(F)F)nc1C#N. The lowest BCUT2D eigenvalue weighted by Gasteiger charge is -2.07. The Morgan fingerprint density at radius 3 is 2.50 bits per heavy atom. The molecule has 1 aromatic heterocycles. The van der Waals surface area contributed by atoms with E-state index in [1.54, 1.807) is 0 Å². The highest BCUT2D eigenvalue weighted by molar-refractivity contribution is 7.89. The molecule has 0 bridgehead atoms. The zero-order valence-corrected chi connectivity index (χ0v) is 8.92. The van der Waals surface area contributed by atoms with Gasteiger partial charge in [0.1, 0.15) is 17.5 Å². The van der Waals surface area contributed by atoms with E-state index < -0.39 is 27.0 Å². The topological polar surface area (TPSA) is 96.8 Å². The number of pyridine rings is 1. The van der Waals surface area contributed by atoms with Crippen molar-refractivity contribution >= 4 is 10.0 Å². The molecule has 0 aliphatic heterocycles. The molecule has 0 aliphatic rings. The Hall–Kier alpha value is -1.59. The van der Waals surface area contributed by atoms with Crippen LogP contribution in [-0.4, -0.2) is 13.4 Å². The first-order valence-electron chi connectivity index (χ1n) is 4.00. The maximum absolute atomic E-state index is 12.4. The first-order valence-corrected chi connectivity index (χ1v) is 5.54. The summed E-state index contributed by atoms with van der Waals surface area (Å²) in [6.07, 6.45) is -2.96. The van der Waals surface area contributed by atoms with E-state index in [1.807, 2.05) is 0 Å². The van der Waals surface area contributed by atoms with Gasteiger partial charge in [-0.2, -0.15) is 5.26 Å². The van der Waals surface area contributed by atoms with Gasteiger partial charge in [0.2, 0.25) is 10.0 Å². The summed E-state index contributed by atoms with van der Waals surface area (Å²) in [6, 6.07) is 2.22. The van der Waals surface area contributed by atoms with Gasteiger partial charge >= 0.3 is 0 Å². The van der Waals surface area contributed by atoms with E-state index in [0.717, 1.165) is 0 Å². The molecule has 1 rings (SSSR count). The molecule has 0 atom stereocenters. The van der Waals surface area contributed by atoms with Crippen molar-refractivity contribution in [3.63, 3.8) is 0 Å². The van der Waals surface area contributed by atoms with Gasteiger partial charge in [-0.05, 0) is 13.0 Å². The molecule has 0 aromatic carbocycles. The van der Waals surface area contributed by atoms with Crippen LogP contribution in [0.2, 0.25) is 0 Å². The Morgan fingerprint density at radius 1 is 1.56 bits per heavy atom. The van der Waals surface area contributed by atoms with Gasteiger partial charge in [-0.1, -0.05) is 0 Å². The second-order valence-electron chi connectivity index (χ2n) is 2.98. The van der Waals surface area contributed by atoms with Crippen molar-refractivity contribution in [2.45, 2.75) is 18.2 Å². The van der Waals surface area contributed by atoms with Gasteiger partial charge in [0.05, 0.1) is 4.90 Å². The highest BCUT2D eigenvalue weighted by Crippen LogP contribution is 2.23. The zero-order chi connectivity index (χ0) is 12.5. The summed E-state index contributed by atoms with van der Waals surface area (Å²) in [5, 5.41) is 13.5. The molecular weight excluding hydrogens is 240 g/mol. The normalized spacial score (nSPS) is 11.5. The Morgan fingerprint density at radius 2 is 2.12 bits per heavy atom. The van der Waals surface area contributed by atoms with Crippen LogP contribution < -0.4 is 5.14 Å². The summed E-state index contributed by atoms with van der Waals surface area (Å²) in [5.74, 6) is 0. The van der Waals surface area contributed by atoms with Gasteiger partial charge in [-0.15, -0.1) is 0 Å². The van der Waals surface area contributed by atoms with Crippen LogP contribution in [0, 0.1) is 18.3 Å². The van der Waals surface area contributed by atoms with E-state index in [9.17, 15) is 17.2 Å². The number of nitrogens with two attached hydrogens (primary N) is 1. The maximum Gasteiger partial charge on any atom is 0.280 e. The average Bonchev–Trinajstić information content (AvgIpc) is 2.15. The van der Waals surface area contributed by atoms with Gasteiger partial charge in [0.25, 0.3) is 6.43 Å². The van der Waals surface area contributed by atoms with Crippen molar-refractivity contribution in [2.75, 3.05) is 0 Å². The summed E-state index contributed by atoms with van der Waals surface area (Å²) >= 11 is 0. The van der Waals surface area contributed by atoms with E-state index in [1.165, 1.54) is 13.0 Å². The fraction of sp³-hybridized carbons (Fsp3) is 0.250. The van der Waals surface area contributed by atoms with E-state index >= 15 is 0 Å². The molecular formula is C8H7F2N3O2S. The fourth-order valence-electron chi connectivity index (χ4n) is 1.12. The molecule has 0 saturated carbocycles. The molecule has 0 aliphatic carbocycles. The molecule has 0 fully saturated rings. The molecule has 0 amide bonds. The minimum absolute atomic E-state index is 0.0330. The number of alkyl halides is 2. The van der Waals surface area contributed by atoms with Crippen LogP contribution >= 0.6 is 0 Å². The number of aromatic nitrogens is 1. The van der Waals surface area contributed by atoms with E-state index in [-0.39, 0.29) is 11.3 Å². The first-order chi connectivity index (χ1) is 7.27. The summed E-state index contributed by atoms with van der Waals surface area (Å²) in [7, 11) is -4.15. The monoisotopic (exact) mass is 247 g/mol. The van der Waals surface area contributed by atoms with Gasteiger partial charge in [-0.25, -0.2) is 27.3 Å². The lowest BCUT2D eigenvalue weighted by Crippen LogP contribution is -2.16. The van der Waals surface area contributed by atoms with Crippen molar-refractivity contribution in [3.05, 3.63) is 23.0 Å². The molecule has 0 saturated heterocycles. The molecule has 0 unspecified atom stereocenters. The molecule has 5 nitrogen and oxygen atoms in total. The van der Waals surface area contributed by atoms with Gasteiger partial charge in [-0.3, -0.25) is 0 Å². The Kier molecular flexibility index (Phi) is 3.21. The molecule has 86 valence electrons. The molecule has 1 heterocycles. The van der Waals surface area contributed by atoms with Crippen molar-refractivity contribution in [2.24, 2.45) is 5.14 Å². The van der Waals surface area contributed by atoms with Crippen LogP contribution in [0.5, 0.6) is 0 Å². The minimum atomic E-state index is -4.15. The molecule has 2 N–H and O–H groups in total. The second kappa shape index (κ2) is 4.11. The number of primary sulfonamides is 1. The van der Waals surface area contributed by atoms with E-state index in [4.69, 9.17) is 10.4 Å². The predicted octanol–water partition coefficient (Wildman–Crippen LogP) is 0.847. The lowest BCUT2D eigenvalue weighted by atomic mass is 10.2. The van der Waals surface area contributed by atoms with E-state index in [2.05, 4.69) is 4.98 Å². The third kappa shape index (κ3) is 2.32. The largest absolute Gasteiger partial charge is 0.280 e. The van der Waals surface area contributed by atoms with Crippen molar-refractivity contribution < 1.29 is 17.2 Å². The van der Waals surface area contributed by atoms with Crippen molar-refractivity contribution in [1.29, 1.82) is 5.26 Å². The predicted molar refractivity (Wildman–Crippen MR) is 50.0 cm³/mol. The number of sulfonamides is 1. The number of nitrogens with zero attached hydrogens (tertiary/aromatic N) is 2. The highest BCUT2D eigenvalue weighted by Gasteiger charge is 2.20. The fourth-order valence-corrected chi connectivity index (χ4v) is 1.93. The average molecular weight is 247 g/mol. The summed E-state index contributed by atoms with van der Waals surface area (Å²) in [6.45, 7) is 1.28. The van der Waals surface area contributed by atoms with Crippen LogP contribution in [0.4, 0.5) is 8.78 Å². The van der Waals surface area contributed by atoms with Crippen molar-refractivity contribution in [1.82, 2.24) is 4.98 Å². The summed E-state index contributed by atoms with van der Waals surface area (Å²) in [5.41, 5.74) is -1.19. The quantitative estimate of drug-likeness (QED) is 0.837. The number of halogens is 2. The molecule has 0 radical (unpaired) electrons. The first kappa shape index (κ1) is 12.5. The Bertz CT molecular complexity index is 563. The number of hydrogen-bond acceptors (Lipinski definition) is 4. The number of rotatable bonds is 2.